The quantitative estimate of drug-likeness (QED) is 0.493. The summed E-state index contributed by atoms with van der Waals surface area (Å²) in [6.07, 6.45) is 2.48. The summed E-state index contributed by atoms with van der Waals surface area (Å²) in [7, 11) is 0. The first-order valence-electron chi connectivity index (χ1n) is 12.3. The van der Waals surface area contributed by atoms with E-state index >= 15 is 4.39 Å². The molecule has 2 fully saturated rings. The number of anilines is 2. The minimum atomic E-state index is -0.884. The van der Waals surface area contributed by atoms with E-state index < -0.39 is 6.09 Å². The van der Waals surface area contributed by atoms with Gasteiger partial charge in [-0.05, 0) is 68.4 Å². The summed E-state index contributed by atoms with van der Waals surface area (Å²) in [4.78, 5) is 33.9. The number of nitrogens with one attached hydrogen (secondary N) is 1. The Kier molecular flexibility index (Phi) is 5.51. The van der Waals surface area contributed by atoms with Gasteiger partial charge in [0, 0.05) is 30.2 Å². The van der Waals surface area contributed by atoms with E-state index in [0.29, 0.717) is 54.2 Å². The number of aryl methyl sites for hydroxylation is 1. The third-order valence-corrected chi connectivity index (χ3v) is 8.96. The van der Waals surface area contributed by atoms with Crippen LogP contribution in [0.3, 0.4) is 0 Å². The molecular weight excluding hydrogens is 481 g/mol. The summed E-state index contributed by atoms with van der Waals surface area (Å²) in [5.74, 6) is -0.430. The van der Waals surface area contributed by atoms with Crippen LogP contribution in [0, 0.1) is 12.7 Å². The lowest BCUT2D eigenvalue weighted by molar-refractivity contribution is 0.0938. The van der Waals surface area contributed by atoms with Crippen molar-refractivity contribution in [3.8, 4) is 0 Å². The van der Waals surface area contributed by atoms with Crippen LogP contribution in [0.25, 0.3) is 10.2 Å². The van der Waals surface area contributed by atoms with E-state index in [-0.39, 0.29) is 29.8 Å². The molecule has 1 aromatic carbocycles. The normalized spacial score (nSPS) is 23.1. The van der Waals surface area contributed by atoms with Crippen molar-refractivity contribution in [1.82, 2.24) is 15.2 Å². The van der Waals surface area contributed by atoms with Gasteiger partial charge in [-0.25, -0.2) is 14.2 Å². The number of benzene rings is 1. The Morgan fingerprint density at radius 3 is 2.64 bits per heavy atom. The summed E-state index contributed by atoms with van der Waals surface area (Å²) >= 11 is 1.29. The van der Waals surface area contributed by atoms with Crippen LogP contribution in [0.2, 0.25) is 0 Å². The lowest BCUT2D eigenvalue weighted by Gasteiger charge is -2.41. The SMILES string of the molecule is Cc1ccc2c(N)c(C(=O)N[C@@H]3CCc4c(ccc(N5CC6CCC(C5)N6C(=O)O)c4F)C3)sc2n1. The van der Waals surface area contributed by atoms with E-state index in [9.17, 15) is 14.7 Å². The summed E-state index contributed by atoms with van der Waals surface area (Å²) in [6, 6.07) is 7.26. The fourth-order valence-corrected chi connectivity index (χ4v) is 7.13. The summed E-state index contributed by atoms with van der Waals surface area (Å²) in [5.41, 5.74) is 9.73. The molecule has 0 saturated carbocycles. The van der Waals surface area contributed by atoms with E-state index in [1.54, 1.807) is 4.90 Å². The number of piperazine rings is 1. The molecule has 2 amide bonds. The van der Waals surface area contributed by atoms with E-state index in [4.69, 9.17) is 5.73 Å². The Hall–Kier alpha value is -3.40. The maximum absolute atomic E-state index is 15.6. The number of fused-ring (bicyclic) bond motifs is 4. The van der Waals surface area contributed by atoms with Gasteiger partial charge in [-0.3, -0.25) is 9.69 Å². The van der Waals surface area contributed by atoms with Crippen molar-refractivity contribution in [3.05, 3.63) is 51.8 Å². The number of thiophene rings is 1. The fourth-order valence-electron chi connectivity index (χ4n) is 6.09. The first-order chi connectivity index (χ1) is 17.3. The number of hydrogen-bond acceptors (Lipinski definition) is 6. The summed E-state index contributed by atoms with van der Waals surface area (Å²) in [6.45, 7) is 2.93. The largest absolute Gasteiger partial charge is 0.465 e. The molecule has 1 aliphatic carbocycles. The molecule has 0 spiro atoms. The van der Waals surface area contributed by atoms with Crippen LogP contribution >= 0.6 is 11.3 Å². The molecule has 2 aliphatic heterocycles. The zero-order chi connectivity index (χ0) is 25.1. The third kappa shape index (κ3) is 3.75. The fraction of sp³-hybridized carbons (Fsp3) is 0.423. The Bertz CT molecular complexity index is 1380. The number of carbonyl (C=O) groups is 2. The van der Waals surface area contributed by atoms with E-state index in [2.05, 4.69) is 10.3 Å². The van der Waals surface area contributed by atoms with Crippen LogP contribution in [0.5, 0.6) is 0 Å². The number of pyridine rings is 1. The van der Waals surface area contributed by atoms with Gasteiger partial charge >= 0.3 is 6.09 Å². The summed E-state index contributed by atoms with van der Waals surface area (Å²) in [5, 5.41) is 13.4. The number of nitrogen functional groups attached to an aromatic ring is 1. The molecule has 4 N–H and O–H groups in total. The van der Waals surface area contributed by atoms with E-state index in [1.165, 1.54) is 11.3 Å². The van der Waals surface area contributed by atoms with Gasteiger partial charge in [0.2, 0.25) is 0 Å². The molecule has 3 aliphatic rings. The molecule has 2 saturated heterocycles. The molecule has 6 rings (SSSR count). The highest BCUT2D eigenvalue weighted by Gasteiger charge is 2.43. The van der Waals surface area contributed by atoms with Crippen LogP contribution in [0.15, 0.2) is 24.3 Å². The molecule has 10 heteroatoms. The third-order valence-electron chi connectivity index (χ3n) is 7.85. The zero-order valence-electron chi connectivity index (χ0n) is 20.0. The minimum absolute atomic E-state index is 0.0864. The molecule has 2 aromatic heterocycles. The molecule has 2 unspecified atom stereocenters. The second kappa shape index (κ2) is 8.62. The maximum atomic E-state index is 15.6. The molecule has 2 bridgehead atoms. The Morgan fingerprint density at radius 1 is 1.17 bits per heavy atom. The minimum Gasteiger partial charge on any atom is -0.465 e. The van der Waals surface area contributed by atoms with Crippen LogP contribution in [0.4, 0.5) is 20.6 Å². The monoisotopic (exact) mass is 509 g/mol. The molecular formula is C26H28FN5O3S. The predicted molar refractivity (Wildman–Crippen MR) is 137 cm³/mol. The number of nitrogens with zero attached hydrogens (tertiary/aromatic N) is 3. The average Bonchev–Trinajstić information content (AvgIpc) is 3.32. The second-order valence-corrected chi connectivity index (χ2v) is 11.1. The Balaban J connectivity index is 1.17. The molecule has 0 radical (unpaired) electrons. The van der Waals surface area contributed by atoms with Gasteiger partial charge in [0.1, 0.15) is 15.5 Å². The number of hydrogen-bond donors (Lipinski definition) is 3. The summed E-state index contributed by atoms with van der Waals surface area (Å²) < 4.78 is 15.6. The molecule has 36 heavy (non-hydrogen) atoms. The Labute approximate surface area is 211 Å². The number of amides is 2. The smallest absolute Gasteiger partial charge is 0.407 e. The van der Waals surface area contributed by atoms with Crippen LogP contribution in [-0.4, -0.2) is 58.2 Å². The first-order valence-corrected chi connectivity index (χ1v) is 13.1. The van der Waals surface area contributed by atoms with Gasteiger partial charge in [-0.15, -0.1) is 11.3 Å². The predicted octanol–water partition coefficient (Wildman–Crippen LogP) is 3.94. The van der Waals surface area contributed by atoms with Crippen molar-refractivity contribution in [3.63, 3.8) is 0 Å². The van der Waals surface area contributed by atoms with Gasteiger partial charge in [-0.2, -0.15) is 0 Å². The first kappa shape index (κ1) is 23.0. The number of halogens is 1. The topological polar surface area (TPSA) is 112 Å². The second-order valence-electron chi connectivity index (χ2n) is 10.1. The molecule has 3 atom stereocenters. The average molecular weight is 510 g/mol. The lowest BCUT2D eigenvalue weighted by atomic mass is 9.87. The number of carbonyl (C=O) groups excluding carboxylic acids is 1. The number of rotatable bonds is 3. The molecule has 4 heterocycles. The van der Waals surface area contributed by atoms with E-state index in [1.807, 2.05) is 36.1 Å². The number of aromatic nitrogens is 1. The zero-order valence-corrected chi connectivity index (χ0v) is 20.8. The highest BCUT2D eigenvalue weighted by atomic mass is 32.1. The van der Waals surface area contributed by atoms with Gasteiger partial charge in [0.25, 0.3) is 5.91 Å². The lowest BCUT2D eigenvalue weighted by Crippen LogP contribution is -2.55. The standard InChI is InChI=1S/C26H28FN5O3S/c1-13-2-7-19-22(28)23(36-25(19)29-13)24(33)30-15-4-8-18-14(10-15)3-9-20(21(18)27)31-11-16-5-6-17(12-31)32(16)26(34)35/h2-3,7,9,15-17H,4-6,8,10-12,28H2,1H3,(H,30,33)(H,34,35)/t15-,16?,17?/m1/s1. The van der Waals surface area contributed by atoms with Crippen molar-refractivity contribution in [2.75, 3.05) is 23.7 Å². The highest BCUT2D eigenvalue weighted by Crippen LogP contribution is 2.37. The molecule has 8 nitrogen and oxygen atoms in total. The molecule has 188 valence electrons. The number of nitrogens with two attached hydrogens (primary N) is 1. The highest BCUT2D eigenvalue weighted by molar-refractivity contribution is 7.21. The van der Waals surface area contributed by atoms with Crippen LogP contribution in [0.1, 0.15) is 45.8 Å². The van der Waals surface area contributed by atoms with Gasteiger partial charge in [0.05, 0.1) is 23.5 Å². The molecule has 3 aromatic rings. The van der Waals surface area contributed by atoms with Crippen molar-refractivity contribution in [1.29, 1.82) is 0 Å². The van der Waals surface area contributed by atoms with Crippen LogP contribution in [-0.2, 0) is 12.8 Å². The van der Waals surface area contributed by atoms with E-state index in [0.717, 1.165) is 34.3 Å². The van der Waals surface area contributed by atoms with Crippen molar-refractivity contribution < 1.29 is 19.1 Å². The Morgan fingerprint density at radius 2 is 1.92 bits per heavy atom. The maximum Gasteiger partial charge on any atom is 0.407 e. The number of carboxylic acid groups (broad SMARTS) is 1. The van der Waals surface area contributed by atoms with Gasteiger partial charge in [-0.1, -0.05) is 6.07 Å². The van der Waals surface area contributed by atoms with Gasteiger partial charge in [0.15, 0.2) is 0 Å². The van der Waals surface area contributed by atoms with Crippen molar-refractivity contribution in [2.24, 2.45) is 0 Å². The van der Waals surface area contributed by atoms with Gasteiger partial charge < -0.3 is 21.1 Å². The van der Waals surface area contributed by atoms with Crippen molar-refractivity contribution >= 4 is 44.9 Å². The van der Waals surface area contributed by atoms with Crippen LogP contribution < -0.4 is 16.0 Å². The van der Waals surface area contributed by atoms with Crippen molar-refractivity contribution in [2.45, 2.75) is 57.2 Å².